The van der Waals surface area contributed by atoms with Crippen LogP contribution in [0.25, 0.3) is 6.20 Å². The van der Waals surface area contributed by atoms with Crippen molar-refractivity contribution in [2.45, 2.75) is 33.7 Å². The monoisotopic (exact) mass is 477 g/mol. The number of anilines is 1. The Morgan fingerprint density at radius 1 is 1.15 bits per heavy atom. The van der Waals surface area contributed by atoms with Crippen molar-refractivity contribution in [3.05, 3.63) is 90.1 Å². The highest BCUT2D eigenvalue weighted by atomic mass is 32.1. The van der Waals surface area contributed by atoms with Gasteiger partial charge in [0.2, 0.25) is 0 Å². The number of ether oxygens (including phenoxy) is 2. The molecule has 0 saturated heterocycles. The van der Waals surface area contributed by atoms with Gasteiger partial charge in [-0.2, -0.15) is 0 Å². The van der Waals surface area contributed by atoms with E-state index in [4.69, 9.17) is 9.47 Å². The molecule has 0 aliphatic carbocycles. The molecule has 0 saturated carbocycles. The smallest absolute Gasteiger partial charge is 0.338 e. The molecule has 34 heavy (non-hydrogen) atoms. The fourth-order valence-corrected chi connectivity index (χ4v) is 4.84. The number of allylic oxidation sites excluding steroid dienone is 1. The van der Waals surface area contributed by atoms with Gasteiger partial charge >= 0.3 is 5.97 Å². The van der Waals surface area contributed by atoms with Gasteiger partial charge in [-0.05, 0) is 68.7 Å². The highest BCUT2D eigenvalue weighted by Crippen LogP contribution is 2.31. The third-order valence-electron chi connectivity index (χ3n) is 5.83. The lowest BCUT2D eigenvalue weighted by Gasteiger charge is -2.24. The lowest BCUT2D eigenvalue weighted by Crippen LogP contribution is -2.40. The molecular weight excluding hydrogens is 450 g/mol. The molecule has 0 fully saturated rings. The highest BCUT2D eigenvalue weighted by Gasteiger charge is 2.33. The van der Waals surface area contributed by atoms with E-state index in [1.54, 1.807) is 31.7 Å². The van der Waals surface area contributed by atoms with Gasteiger partial charge in [-0.1, -0.05) is 29.5 Å². The summed E-state index contributed by atoms with van der Waals surface area (Å²) in [6, 6.07) is 12.7. The predicted molar refractivity (Wildman–Crippen MR) is 134 cm³/mol. The third kappa shape index (κ3) is 4.41. The Morgan fingerprint density at radius 3 is 2.53 bits per heavy atom. The number of nitrogens with zero attached hydrogens (tertiary/aromatic N) is 2. The second kappa shape index (κ2) is 9.69. The van der Waals surface area contributed by atoms with Gasteiger partial charge < -0.3 is 14.8 Å². The molecule has 0 radical (unpaired) electrons. The first kappa shape index (κ1) is 23.5. The molecule has 2 heterocycles. The fourth-order valence-electron chi connectivity index (χ4n) is 3.87. The number of benzene rings is 2. The molecule has 1 aromatic heterocycles. The van der Waals surface area contributed by atoms with Crippen LogP contribution >= 0.6 is 11.3 Å². The molecule has 3 aromatic rings. The number of nitrogens with one attached hydrogen (secondary N) is 1. The quantitative estimate of drug-likeness (QED) is 0.550. The summed E-state index contributed by atoms with van der Waals surface area (Å²) >= 11 is 1.28. The second-order valence-corrected chi connectivity index (χ2v) is 9.03. The van der Waals surface area contributed by atoms with Gasteiger partial charge in [0.15, 0.2) is 4.80 Å². The van der Waals surface area contributed by atoms with Crippen LogP contribution in [0.2, 0.25) is 0 Å². The fraction of sp³-hybridized carbons (Fsp3) is 0.269. The van der Waals surface area contributed by atoms with Crippen molar-refractivity contribution in [1.29, 1.82) is 0 Å². The molecule has 0 spiro atoms. The van der Waals surface area contributed by atoms with Crippen molar-refractivity contribution in [3.8, 4) is 5.75 Å². The van der Waals surface area contributed by atoms with E-state index in [9.17, 15) is 9.59 Å². The zero-order valence-corrected chi connectivity index (χ0v) is 20.7. The number of carbonyl (C=O) groups excluding carboxylic acids is 1. The van der Waals surface area contributed by atoms with Crippen LogP contribution in [0.1, 0.15) is 36.6 Å². The Hall–Kier alpha value is -3.65. The molecule has 0 amide bonds. The Morgan fingerprint density at radius 2 is 1.88 bits per heavy atom. The number of fused-ring (bicyclic) bond motifs is 1. The Bertz CT molecular complexity index is 1450. The molecule has 1 N–H and O–H groups in total. The Labute approximate surface area is 201 Å². The number of hydrogen-bond donors (Lipinski definition) is 1. The third-order valence-corrected chi connectivity index (χ3v) is 6.81. The molecule has 8 heteroatoms. The van der Waals surface area contributed by atoms with Crippen LogP contribution in [0.15, 0.2) is 63.5 Å². The van der Waals surface area contributed by atoms with Crippen LogP contribution in [-0.4, -0.2) is 24.3 Å². The summed E-state index contributed by atoms with van der Waals surface area (Å²) in [7, 11) is 1.59. The van der Waals surface area contributed by atoms with Crippen molar-refractivity contribution >= 4 is 29.2 Å². The SMILES string of the molecule is CCOC(=O)C1=C(C)N=c2s/c(=C\Nc3ccc(C)c(C)c3)c(=O)n2[C@@H]1c1ccc(OC)cc1. The number of aromatic nitrogens is 1. The first-order chi connectivity index (χ1) is 16.3. The van der Waals surface area contributed by atoms with Crippen molar-refractivity contribution < 1.29 is 14.3 Å². The number of thiazole rings is 1. The van der Waals surface area contributed by atoms with Crippen molar-refractivity contribution in [2.75, 3.05) is 19.0 Å². The van der Waals surface area contributed by atoms with Crippen LogP contribution < -0.4 is 24.9 Å². The number of esters is 1. The van der Waals surface area contributed by atoms with Gasteiger partial charge in [0.1, 0.15) is 10.3 Å². The standard InChI is InChI=1S/C26H27N3O4S/c1-6-33-25(31)22-17(4)28-26-29(23(22)18-8-11-20(32-5)12-9-18)24(30)21(34-26)14-27-19-10-7-15(2)16(3)13-19/h7-14,23,27H,6H2,1-5H3/b21-14-/t23-/m1/s1. The van der Waals surface area contributed by atoms with Gasteiger partial charge in [-0.25, -0.2) is 9.79 Å². The van der Waals surface area contributed by atoms with Crippen molar-refractivity contribution in [3.63, 3.8) is 0 Å². The molecule has 1 atom stereocenters. The first-order valence-corrected chi connectivity index (χ1v) is 11.8. The summed E-state index contributed by atoms with van der Waals surface area (Å²) in [5.74, 6) is 0.208. The van der Waals surface area contributed by atoms with Crippen LogP contribution in [0.5, 0.6) is 5.75 Å². The first-order valence-electron chi connectivity index (χ1n) is 11.0. The van der Waals surface area contributed by atoms with Gasteiger partial charge in [0.25, 0.3) is 5.56 Å². The minimum absolute atomic E-state index is 0.227. The molecular formula is C26H27N3O4S. The normalized spacial score (nSPS) is 15.6. The lowest BCUT2D eigenvalue weighted by molar-refractivity contribution is -0.139. The summed E-state index contributed by atoms with van der Waals surface area (Å²) in [6.45, 7) is 7.86. The van der Waals surface area contributed by atoms with Crippen LogP contribution in [0, 0.1) is 13.8 Å². The van der Waals surface area contributed by atoms with Gasteiger partial charge in [-0.3, -0.25) is 9.36 Å². The zero-order valence-electron chi connectivity index (χ0n) is 19.8. The largest absolute Gasteiger partial charge is 0.497 e. The Balaban J connectivity index is 1.84. The van der Waals surface area contributed by atoms with Gasteiger partial charge in [-0.15, -0.1) is 0 Å². The zero-order chi connectivity index (χ0) is 24.4. The van der Waals surface area contributed by atoms with Crippen LogP contribution in [0.4, 0.5) is 5.69 Å². The molecule has 1 aliphatic rings. The number of hydrogen-bond acceptors (Lipinski definition) is 7. The molecule has 0 bridgehead atoms. The van der Waals surface area contributed by atoms with E-state index in [0.717, 1.165) is 16.8 Å². The molecule has 1 aliphatic heterocycles. The Kier molecular flexibility index (Phi) is 6.70. The molecule has 4 rings (SSSR count). The summed E-state index contributed by atoms with van der Waals surface area (Å²) in [5, 5.41) is 3.22. The minimum atomic E-state index is -0.648. The highest BCUT2D eigenvalue weighted by molar-refractivity contribution is 7.07. The second-order valence-electron chi connectivity index (χ2n) is 8.02. The molecule has 176 valence electrons. The van der Waals surface area contributed by atoms with Gasteiger partial charge in [0.05, 0.1) is 31.0 Å². The van der Waals surface area contributed by atoms with Crippen LogP contribution in [0.3, 0.4) is 0 Å². The van der Waals surface area contributed by atoms with E-state index in [2.05, 4.69) is 17.2 Å². The molecule has 7 nitrogen and oxygen atoms in total. The summed E-state index contributed by atoms with van der Waals surface area (Å²) in [6.07, 6.45) is 1.70. The number of aryl methyl sites for hydroxylation is 2. The minimum Gasteiger partial charge on any atom is -0.497 e. The van der Waals surface area contributed by atoms with Crippen LogP contribution in [-0.2, 0) is 9.53 Å². The maximum absolute atomic E-state index is 13.5. The maximum Gasteiger partial charge on any atom is 0.338 e. The summed E-state index contributed by atoms with van der Waals surface area (Å²) < 4.78 is 12.7. The lowest BCUT2D eigenvalue weighted by atomic mass is 9.96. The number of rotatable bonds is 6. The van der Waals surface area contributed by atoms with E-state index in [-0.39, 0.29) is 12.2 Å². The number of carbonyl (C=O) groups is 1. The van der Waals surface area contributed by atoms with E-state index in [1.165, 1.54) is 16.9 Å². The van der Waals surface area contributed by atoms with E-state index in [1.807, 2.05) is 49.4 Å². The topological polar surface area (TPSA) is 81.9 Å². The molecule has 0 unspecified atom stereocenters. The summed E-state index contributed by atoms with van der Waals surface area (Å²) in [4.78, 5) is 31.6. The van der Waals surface area contributed by atoms with Crippen molar-refractivity contribution in [2.24, 2.45) is 4.99 Å². The van der Waals surface area contributed by atoms with E-state index < -0.39 is 12.0 Å². The van der Waals surface area contributed by atoms with Crippen molar-refractivity contribution in [1.82, 2.24) is 4.57 Å². The summed E-state index contributed by atoms with van der Waals surface area (Å²) in [5.41, 5.74) is 4.69. The average Bonchev–Trinajstić information content (AvgIpc) is 3.13. The average molecular weight is 478 g/mol. The maximum atomic E-state index is 13.5. The van der Waals surface area contributed by atoms with E-state index >= 15 is 0 Å². The molecule has 2 aromatic carbocycles. The van der Waals surface area contributed by atoms with E-state index in [0.29, 0.717) is 26.4 Å². The van der Waals surface area contributed by atoms with Gasteiger partial charge in [0, 0.05) is 11.9 Å². The predicted octanol–water partition coefficient (Wildman–Crippen LogP) is 3.45. The number of methoxy groups -OCH3 is 1.